The van der Waals surface area contributed by atoms with Crippen molar-refractivity contribution in [3.05, 3.63) is 12.2 Å². The Balaban J connectivity index is 3.02. The third kappa shape index (κ3) is 17.4. The average molecular weight is 265 g/mol. The van der Waals surface area contributed by atoms with E-state index in [1.54, 1.807) is 0 Å². The minimum atomic E-state index is 0.613. The number of unbranched alkanes of at least 4 members (excludes halogenated alkanes) is 12. The zero-order chi connectivity index (χ0) is 14.0. The van der Waals surface area contributed by atoms with Crippen LogP contribution >= 0.6 is 0 Å². The molecule has 0 aliphatic rings. The van der Waals surface area contributed by atoms with E-state index in [1.807, 2.05) is 6.29 Å². The molecule has 0 saturated carbocycles. The fourth-order valence-corrected chi connectivity index (χ4v) is 2.27. The maximum absolute atomic E-state index is 10.00. The molecule has 0 rings (SSSR count). The van der Waals surface area contributed by atoms with Gasteiger partial charge < -0.3 is 0 Å². The van der Waals surface area contributed by atoms with Gasteiger partial charge >= 0.3 is 0 Å². The molecule has 0 bridgehead atoms. The second-order valence-corrected chi connectivity index (χ2v) is 5.48. The summed E-state index contributed by atoms with van der Waals surface area (Å²) in [4.78, 5) is 10.00. The maximum Gasteiger partial charge on any atom is 0.198 e. The van der Waals surface area contributed by atoms with Gasteiger partial charge in [0.05, 0.1) is 0 Å². The number of hydrogen-bond acceptors (Lipinski definition) is 1. The molecule has 0 unspecified atom stereocenters. The zero-order valence-electron chi connectivity index (χ0n) is 13.0. The summed E-state index contributed by atoms with van der Waals surface area (Å²) < 4.78 is 0. The summed E-state index contributed by atoms with van der Waals surface area (Å²) in [5.74, 6) is 0. The Morgan fingerprint density at radius 2 is 1.16 bits per heavy atom. The summed E-state index contributed by atoms with van der Waals surface area (Å²) in [7, 11) is 0. The van der Waals surface area contributed by atoms with Crippen LogP contribution in [0.2, 0.25) is 0 Å². The Bertz CT molecular complexity index is 196. The van der Waals surface area contributed by atoms with Gasteiger partial charge in [-0.3, -0.25) is 4.79 Å². The molecule has 0 amide bonds. The predicted molar refractivity (Wildman–Crippen MR) is 85.1 cm³/mol. The number of carbonyl (C=O) groups excluding carboxylic acids is 1. The molecule has 0 heterocycles. The van der Waals surface area contributed by atoms with E-state index < -0.39 is 0 Å². The highest BCUT2D eigenvalue weighted by Gasteiger charge is 1.90. The van der Waals surface area contributed by atoms with Crippen molar-refractivity contribution >= 4 is 6.29 Å². The molecule has 0 aromatic heterocycles. The van der Waals surface area contributed by atoms with Crippen LogP contribution in [-0.2, 0) is 4.79 Å². The third-order valence-corrected chi connectivity index (χ3v) is 3.54. The Hall–Kier alpha value is -0.590. The van der Waals surface area contributed by atoms with E-state index >= 15 is 0 Å². The zero-order valence-corrected chi connectivity index (χ0v) is 13.0. The van der Waals surface area contributed by atoms with Gasteiger partial charge in [-0.05, 0) is 32.1 Å². The normalized spacial score (nSPS) is 11.2. The van der Waals surface area contributed by atoms with Crippen molar-refractivity contribution in [1.29, 1.82) is 0 Å². The Kier molecular flexibility index (Phi) is 16.9. The lowest BCUT2D eigenvalue weighted by atomic mass is 10.1. The van der Waals surface area contributed by atoms with E-state index in [-0.39, 0.29) is 0 Å². The van der Waals surface area contributed by atoms with Gasteiger partial charge in [0.25, 0.3) is 0 Å². The molecule has 0 aliphatic carbocycles. The standard InChI is InChI=1S/C18H33O/c1-2-3-4-5-6-7-8-9-10-11-12-13-14-15-16-17-18-19/h11-12H,2-10,13-17H2,1H3/b12-11+. The van der Waals surface area contributed by atoms with E-state index in [2.05, 4.69) is 19.1 Å². The van der Waals surface area contributed by atoms with Gasteiger partial charge in [-0.1, -0.05) is 70.4 Å². The van der Waals surface area contributed by atoms with Crippen molar-refractivity contribution in [3.63, 3.8) is 0 Å². The first-order valence-electron chi connectivity index (χ1n) is 8.41. The monoisotopic (exact) mass is 265 g/mol. The SMILES string of the molecule is CCCCCCCCCC/C=C/CCCCC[C]=O. The first-order valence-corrected chi connectivity index (χ1v) is 8.41. The molecular formula is C18H33O. The quantitative estimate of drug-likeness (QED) is 0.257. The van der Waals surface area contributed by atoms with Crippen LogP contribution in [0, 0.1) is 0 Å². The van der Waals surface area contributed by atoms with Gasteiger partial charge in [0.1, 0.15) is 0 Å². The molecule has 0 spiro atoms. The van der Waals surface area contributed by atoms with Gasteiger partial charge in [-0.25, -0.2) is 0 Å². The fraction of sp³-hybridized carbons (Fsp3) is 0.833. The third-order valence-electron chi connectivity index (χ3n) is 3.54. The molecule has 0 atom stereocenters. The van der Waals surface area contributed by atoms with Gasteiger partial charge in [0, 0.05) is 6.42 Å². The number of rotatable bonds is 15. The van der Waals surface area contributed by atoms with Crippen molar-refractivity contribution in [2.75, 3.05) is 0 Å². The van der Waals surface area contributed by atoms with E-state index in [0.29, 0.717) is 6.42 Å². The van der Waals surface area contributed by atoms with Crippen LogP contribution in [0.4, 0.5) is 0 Å². The van der Waals surface area contributed by atoms with Crippen LogP contribution in [0.3, 0.4) is 0 Å². The molecule has 111 valence electrons. The van der Waals surface area contributed by atoms with E-state index in [1.165, 1.54) is 70.6 Å². The molecule has 0 aromatic carbocycles. The largest absolute Gasteiger partial charge is 0.291 e. The highest BCUT2D eigenvalue weighted by atomic mass is 16.1. The van der Waals surface area contributed by atoms with Crippen molar-refractivity contribution in [1.82, 2.24) is 0 Å². The van der Waals surface area contributed by atoms with Crippen molar-refractivity contribution in [3.8, 4) is 0 Å². The molecule has 0 fully saturated rings. The minimum Gasteiger partial charge on any atom is -0.291 e. The number of hydrogen-bond donors (Lipinski definition) is 0. The summed E-state index contributed by atoms with van der Waals surface area (Å²) >= 11 is 0. The highest BCUT2D eigenvalue weighted by Crippen LogP contribution is 2.10. The molecule has 0 aliphatic heterocycles. The van der Waals surface area contributed by atoms with Crippen LogP contribution in [0.5, 0.6) is 0 Å². The lowest BCUT2D eigenvalue weighted by molar-refractivity contribution is 0.545. The molecule has 1 heteroatoms. The lowest BCUT2D eigenvalue weighted by Gasteiger charge is -1.99. The summed E-state index contributed by atoms with van der Waals surface area (Å²) in [5, 5.41) is 0. The Labute approximate surface area is 120 Å². The second-order valence-electron chi connectivity index (χ2n) is 5.48. The lowest BCUT2D eigenvalue weighted by Crippen LogP contribution is -1.80. The second kappa shape index (κ2) is 17.4. The van der Waals surface area contributed by atoms with E-state index in [9.17, 15) is 4.79 Å². The van der Waals surface area contributed by atoms with Crippen LogP contribution in [0.1, 0.15) is 96.8 Å². The highest BCUT2D eigenvalue weighted by molar-refractivity contribution is 5.50. The molecule has 0 saturated heterocycles. The van der Waals surface area contributed by atoms with Crippen molar-refractivity contribution < 1.29 is 4.79 Å². The van der Waals surface area contributed by atoms with Crippen molar-refractivity contribution in [2.45, 2.75) is 96.8 Å². The smallest absolute Gasteiger partial charge is 0.198 e. The van der Waals surface area contributed by atoms with Crippen LogP contribution < -0.4 is 0 Å². The maximum atomic E-state index is 10.00. The summed E-state index contributed by atoms with van der Waals surface area (Å²) in [5.41, 5.74) is 0. The molecule has 1 nitrogen and oxygen atoms in total. The van der Waals surface area contributed by atoms with Crippen LogP contribution in [-0.4, -0.2) is 6.29 Å². The average Bonchev–Trinajstić information content (AvgIpc) is 2.43. The van der Waals surface area contributed by atoms with Crippen molar-refractivity contribution in [2.24, 2.45) is 0 Å². The summed E-state index contributed by atoms with van der Waals surface area (Å²) in [6.45, 7) is 2.27. The molecule has 19 heavy (non-hydrogen) atoms. The minimum absolute atomic E-state index is 0.613. The van der Waals surface area contributed by atoms with Gasteiger partial charge in [0.15, 0.2) is 6.29 Å². The topological polar surface area (TPSA) is 17.1 Å². The van der Waals surface area contributed by atoms with Gasteiger partial charge in [-0.2, -0.15) is 0 Å². The Morgan fingerprint density at radius 3 is 1.68 bits per heavy atom. The molecule has 1 radical (unpaired) electrons. The number of allylic oxidation sites excluding steroid dienone is 2. The van der Waals surface area contributed by atoms with E-state index in [4.69, 9.17) is 0 Å². The molecule has 0 N–H and O–H groups in total. The summed E-state index contributed by atoms with van der Waals surface area (Å²) in [6.07, 6.45) is 24.2. The predicted octanol–water partition coefficient (Wildman–Crippen LogP) is 6.13. The first-order chi connectivity index (χ1) is 9.41. The Morgan fingerprint density at radius 1 is 0.684 bits per heavy atom. The molecule has 0 aromatic rings. The van der Waals surface area contributed by atoms with Gasteiger partial charge in [-0.15, -0.1) is 0 Å². The van der Waals surface area contributed by atoms with E-state index in [0.717, 1.165) is 12.8 Å². The summed E-state index contributed by atoms with van der Waals surface area (Å²) in [6, 6.07) is 0. The van der Waals surface area contributed by atoms with Gasteiger partial charge in [0.2, 0.25) is 0 Å². The van der Waals surface area contributed by atoms with Crippen LogP contribution in [0.25, 0.3) is 0 Å². The molecular weight excluding hydrogens is 232 g/mol. The fourth-order valence-electron chi connectivity index (χ4n) is 2.27. The first kappa shape index (κ1) is 18.4. The van der Waals surface area contributed by atoms with Crippen LogP contribution in [0.15, 0.2) is 12.2 Å².